The van der Waals surface area contributed by atoms with Crippen molar-refractivity contribution in [1.29, 1.82) is 0 Å². The highest BCUT2D eigenvalue weighted by atomic mass is 19.1. The first-order chi connectivity index (χ1) is 12.9. The molecule has 2 aliphatic heterocycles. The number of carbonyl (C=O) groups excluding carboxylic acids is 1. The Morgan fingerprint density at radius 3 is 2.15 bits per heavy atom. The quantitative estimate of drug-likeness (QED) is 0.690. The number of piperidine rings is 1. The van der Waals surface area contributed by atoms with Crippen LogP contribution in [0.5, 0.6) is 5.75 Å². The molecule has 2 aliphatic rings. The number of carbonyl (C=O) groups is 1. The number of amides is 1. The summed E-state index contributed by atoms with van der Waals surface area (Å²) in [4.78, 5) is 13.5. The second kappa shape index (κ2) is 14.3. The topological polar surface area (TPSA) is 72.8 Å². The van der Waals surface area contributed by atoms with Crippen LogP contribution in [-0.4, -0.2) is 53.8 Å². The van der Waals surface area contributed by atoms with Crippen molar-refractivity contribution < 1.29 is 23.8 Å². The van der Waals surface area contributed by atoms with Crippen LogP contribution in [-0.2, 0) is 4.79 Å². The maximum absolute atomic E-state index is 12.4. The van der Waals surface area contributed by atoms with Gasteiger partial charge in [-0.05, 0) is 50.9 Å². The molecule has 1 aromatic rings. The minimum atomic E-state index is -0.793. The number of hydrogen-bond acceptors (Lipinski definition) is 4. The number of aliphatic hydroxyl groups is 1. The lowest BCUT2D eigenvalue weighted by molar-refractivity contribution is -0.130. The van der Waals surface area contributed by atoms with Gasteiger partial charge in [0, 0.05) is 32.2 Å². The van der Waals surface area contributed by atoms with Gasteiger partial charge in [0.1, 0.15) is 5.82 Å². The fraction of sp³-hybridized carbons (Fsp3) is 0.650. The average Bonchev–Trinajstić information content (AvgIpc) is 3.10. The Morgan fingerprint density at radius 2 is 1.70 bits per heavy atom. The van der Waals surface area contributed by atoms with E-state index < -0.39 is 17.4 Å². The van der Waals surface area contributed by atoms with Gasteiger partial charge in [-0.25, -0.2) is 8.78 Å². The molecule has 0 spiro atoms. The van der Waals surface area contributed by atoms with E-state index >= 15 is 0 Å². The third-order valence-electron chi connectivity index (χ3n) is 4.09. The summed E-state index contributed by atoms with van der Waals surface area (Å²) >= 11 is 0. The minimum absolute atomic E-state index is 0.190. The summed E-state index contributed by atoms with van der Waals surface area (Å²) < 4.78 is 24.8. The molecule has 2 fully saturated rings. The van der Waals surface area contributed by atoms with Gasteiger partial charge in [0.2, 0.25) is 5.91 Å². The van der Waals surface area contributed by atoms with E-state index in [-0.39, 0.29) is 5.56 Å². The molecule has 1 aromatic carbocycles. The number of benzene rings is 1. The molecule has 2 heterocycles. The summed E-state index contributed by atoms with van der Waals surface area (Å²) in [6.07, 6.45) is 5.39. The summed E-state index contributed by atoms with van der Waals surface area (Å²) in [6.45, 7) is 8.84. The molecule has 3 N–H and O–H groups in total. The summed E-state index contributed by atoms with van der Waals surface area (Å²) in [5.74, 6) is -1.66. The van der Waals surface area contributed by atoms with Gasteiger partial charge in [-0.1, -0.05) is 20.3 Å². The van der Waals surface area contributed by atoms with Crippen molar-refractivity contribution in [3.63, 3.8) is 0 Å². The van der Waals surface area contributed by atoms with E-state index in [1.54, 1.807) is 0 Å². The van der Waals surface area contributed by atoms with Gasteiger partial charge in [0.25, 0.3) is 0 Å². The van der Waals surface area contributed by atoms with Crippen LogP contribution in [0.25, 0.3) is 0 Å². The molecule has 0 radical (unpaired) electrons. The third-order valence-corrected chi connectivity index (χ3v) is 4.09. The molecule has 0 bridgehead atoms. The predicted octanol–water partition coefficient (Wildman–Crippen LogP) is 3.36. The summed E-state index contributed by atoms with van der Waals surface area (Å²) in [7, 11) is 1.00. The molecule has 156 valence electrons. The van der Waals surface area contributed by atoms with Crippen molar-refractivity contribution >= 4 is 5.91 Å². The first-order valence-electron chi connectivity index (χ1n) is 9.50. The highest BCUT2D eigenvalue weighted by Crippen LogP contribution is 2.19. The Kier molecular flexibility index (Phi) is 13.4. The van der Waals surface area contributed by atoms with E-state index in [0.29, 0.717) is 11.9 Å². The lowest BCUT2D eigenvalue weighted by Crippen LogP contribution is -2.43. The number of aromatic hydroxyl groups is 1. The van der Waals surface area contributed by atoms with Gasteiger partial charge in [-0.3, -0.25) is 4.79 Å². The normalized spacial score (nSPS) is 16.4. The van der Waals surface area contributed by atoms with Crippen molar-refractivity contribution in [3.05, 3.63) is 29.3 Å². The average molecular weight is 388 g/mol. The number of hydrogen-bond donors (Lipinski definition) is 3. The van der Waals surface area contributed by atoms with Crippen LogP contribution in [0.1, 0.15) is 51.5 Å². The molecule has 1 amide bonds. The molecule has 0 saturated carbocycles. The minimum Gasteiger partial charge on any atom is -0.505 e. The van der Waals surface area contributed by atoms with Gasteiger partial charge >= 0.3 is 0 Å². The van der Waals surface area contributed by atoms with Crippen LogP contribution < -0.4 is 5.32 Å². The van der Waals surface area contributed by atoms with E-state index in [0.717, 1.165) is 64.6 Å². The highest BCUT2D eigenvalue weighted by molar-refractivity contribution is 5.78. The second-order valence-corrected chi connectivity index (χ2v) is 6.43. The molecule has 3 rings (SSSR count). The van der Waals surface area contributed by atoms with E-state index in [4.69, 9.17) is 10.2 Å². The van der Waals surface area contributed by atoms with E-state index in [9.17, 15) is 13.6 Å². The van der Waals surface area contributed by atoms with Crippen molar-refractivity contribution in [1.82, 2.24) is 10.2 Å². The first-order valence-corrected chi connectivity index (χ1v) is 9.50. The van der Waals surface area contributed by atoms with E-state index in [1.807, 2.05) is 0 Å². The predicted molar refractivity (Wildman–Crippen MR) is 104 cm³/mol. The first kappa shape index (κ1) is 25.3. The molecule has 27 heavy (non-hydrogen) atoms. The Labute approximate surface area is 161 Å². The summed E-state index contributed by atoms with van der Waals surface area (Å²) in [5, 5.41) is 18.9. The number of phenolic OH excluding ortho intramolecular Hbond substituents is 1. The standard InChI is InChI=1S/C9H16N2O.C7H6F2O.C3H8.CH4O/c12-9-2-1-7-11(9)8-3-5-10-6-4-8;1-4-2-6(9)7(10)3-5(4)8;1-3-2;1-2/h8,10H,1-7H2;2-3,10H,1H3;3H2,1-2H3;2H,1H3. The Bertz CT molecular complexity index is 500. The number of nitrogens with one attached hydrogen (secondary N) is 1. The van der Waals surface area contributed by atoms with E-state index in [2.05, 4.69) is 24.1 Å². The molecule has 0 aromatic heterocycles. The smallest absolute Gasteiger partial charge is 0.222 e. The number of aliphatic hydroxyl groups excluding tert-OH is 1. The molecule has 0 aliphatic carbocycles. The Morgan fingerprint density at radius 1 is 1.15 bits per heavy atom. The number of rotatable bonds is 1. The maximum atomic E-state index is 12.4. The fourth-order valence-electron chi connectivity index (χ4n) is 2.81. The molecular formula is C20H34F2N2O3. The van der Waals surface area contributed by atoms with Crippen molar-refractivity contribution in [3.8, 4) is 5.75 Å². The van der Waals surface area contributed by atoms with Crippen molar-refractivity contribution in [2.24, 2.45) is 0 Å². The van der Waals surface area contributed by atoms with Gasteiger partial charge in [0.05, 0.1) is 0 Å². The Balaban J connectivity index is 0.000000410. The zero-order valence-corrected chi connectivity index (χ0v) is 16.9. The number of likely N-dealkylation sites (tertiary alicyclic amines) is 1. The highest BCUT2D eigenvalue weighted by Gasteiger charge is 2.28. The van der Waals surface area contributed by atoms with E-state index in [1.165, 1.54) is 13.3 Å². The lowest BCUT2D eigenvalue weighted by Gasteiger charge is -2.31. The van der Waals surface area contributed by atoms with Crippen LogP contribution in [0, 0.1) is 18.6 Å². The van der Waals surface area contributed by atoms with Crippen LogP contribution in [0.2, 0.25) is 0 Å². The van der Waals surface area contributed by atoms with Crippen LogP contribution in [0.3, 0.4) is 0 Å². The van der Waals surface area contributed by atoms with Gasteiger partial charge in [-0.15, -0.1) is 0 Å². The molecule has 0 atom stereocenters. The van der Waals surface area contributed by atoms with Crippen molar-refractivity contribution in [2.75, 3.05) is 26.7 Å². The van der Waals surface area contributed by atoms with Gasteiger partial charge < -0.3 is 20.4 Å². The molecule has 0 unspecified atom stereocenters. The zero-order valence-electron chi connectivity index (χ0n) is 16.9. The molecular weight excluding hydrogens is 354 g/mol. The molecule has 5 nitrogen and oxygen atoms in total. The monoisotopic (exact) mass is 388 g/mol. The van der Waals surface area contributed by atoms with Gasteiger partial charge in [0.15, 0.2) is 11.6 Å². The number of nitrogens with zero attached hydrogens (tertiary/aromatic N) is 1. The van der Waals surface area contributed by atoms with Crippen LogP contribution in [0.15, 0.2) is 12.1 Å². The summed E-state index contributed by atoms with van der Waals surface area (Å²) in [6, 6.07) is 2.25. The van der Waals surface area contributed by atoms with Crippen LogP contribution in [0.4, 0.5) is 8.78 Å². The second-order valence-electron chi connectivity index (χ2n) is 6.43. The lowest BCUT2D eigenvalue weighted by atomic mass is 10.1. The van der Waals surface area contributed by atoms with Crippen LogP contribution >= 0.6 is 0 Å². The third kappa shape index (κ3) is 9.15. The van der Waals surface area contributed by atoms with Crippen molar-refractivity contribution in [2.45, 2.75) is 58.9 Å². The van der Waals surface area contributed by atoms with Gasteiger partial charge in [-0.2, -0.15) is 0 Å². The fourth-order valence-corrected chi connectivity index (χ4v) is 2.81. The Hall–Kier alpha value is -1.73. The number of halogens is 2. The molecule has 2 saturated heterocycles. The maximum Gasteiger partial charge on any atom is 0.222 e. The number of aryl methyl sites for hydroxylation is 1. The zero-order chi connectivity index (χ0) is 20.8. The molecule has 7 heteroatoms. The summed E-state index contributed by atoms with van der Waals surface area (Å²) in [5.41, 5.74) is 0.190. The number of phenols is 1. The largest absolute Gasteiger partial charge is 0.505 e. The SMILES string of the molecule is CCC.CO.Cc1cc(F)c(O)cc1F.O=C1CCCN1C1CCNCC1.